The smallest absolute Gasteiger partial charge is 0.217 e. The van der Waals surface area contributed by atoms with Crippen LogP contribution in [0.4, 0.5) is 30.7 Å². The van der Waals surface area contributed by atoms with E-state index in [1.54, 1.807) is 24.5 Å². The van der Waals surface area contributed by atoms with Crippen LogP contribution in [-0.4, -0.2) is 19.9 Å². The van der Waals surface area contributed by atoms with Crippen molar-refractivity contribution < 1.29 is 66.7 Å². The fourth-order valence-corrected chi connectivity index (χ4v) is 15.4. The molecule has 12 nitrogen and oxygen atoms in total. The third-order valence-electron chi connectivity index (χ3n) is 21.4. The van der Waals surface area contributed by atoms with Gasteiger partial charge in [0.05, 0.1) is 61.2 Å². The average molecular weight is 1560 g/mol. The normalized spacial score (nSPS) is 11.5. The van der Waals surface area contributed by atoms with Gasteiger partial charge < -0.3 is 17.7 Å². The fraction of sp³-hybridized carbons (Fsp3) is 0.102. The Morgan fingerprint density at radius 3 is 1.01 bits per heavy atom. The van der Waals surface area contributed by atoms with Gasteiger partial charge in [0.2, 0.25) is 22.8 Å². The van der Waals surface area contributed by atoms with Crippen molar-refractivity contribution in [3.8, 4) is 90.1 Å². The Labute approximate surface area is 666 Å². The molecule has 0 aliphatic rings. The standard InChI is InChI=1S/C25H19F2N2O.C25H20FN2O.2C24H17F2N2O/c1-14-4-7-20(28-13-14)16-8-9-29(3)21(10-16)23-15(2)5-6-18-24-19(27)11-17(26)12-22(24)30-25(18)23;1-15-4-9-21(27-14-15)17-10-11-28(3)22(12-17)24-16(2)5-7-20-19-8-6-18(26)13-23(19)29-25(20)24;1-14-11-18(26)23-17-7-6-16(25)13-21(17)29-24(23)22(14)20-12-15(8-10-28(20)2)19-5-3-4-9-27-19;1-14-6-7-17-23-18(26)12-16(25)13-21(23)29-24(17)22(14)20-11-15(8-10-28(20)2)19-5-3-4-9-27-19/h4-13H,1-3H3;4-14H,1-3H3;2*3-13H,1-2H3/q4*+1. The summed E-state index contributed by atoms with van der Waals surface area (Å²) in [5.74, 6) is -3.66. The lowest BCUT2D eigenvalue weighted by atomic mass is 9.98. The summed E-state index contributed by atoms with van der Waals surface area (Å²) >= 11 is 0. The summed E-state index contributed by atoms with van der Waals surface area (Å²) in [5.41, 5.74) is 24.1. The number of hydrogen-bond donors (Lipinski definition) is 0. The first kappa shape index (κ1) is 75.4. The molecule has 20 aromatic rings. The SMILES string of the molecule is Cc1cc(F)c2c(oc3cc(F)ccc32)c1-c1cc(-c2ccccn2)cc[n+]1C.Cc1ccc(-c2cc[n+](C)c(-c3c(C)ccc4c3oc3cc(F)cc(F)c34)c2)nc1.Cc1ccc(-c2cc[n+](C)c(-c3c(C)ccc4c3oc3cc(F)ccc34)c2)nc1.Cc1ccc2c(oc3cc(F)cc(F)c32)c1-c1cc(-c2ccccn2)cc[n+]1C. The van der Waals surface area contributed by atoms with E-state index >= 15 is 0 Å². The molecule has 0 saturated carbocycles. The lowest BCUT2D eigenvalue weighted by Crippen LogP contribution is -2.30. The van der Waals surface area contributed by atoms with Crippen LogP contribution in [0.15, 0.2) is 280 Å². The molecule has 20 rings (SSSR count). The van der Waals surface area contributed by atoms with E-state index in [4.69, 9.17) is 17.7 Å². The maximum atomic E-state index is 14.9. The molecule has 0 aliphatic carbocycles. The summed E-state index contributed by atoms with van der Waals surface area (Å²) in [7, 11) is 7.83. The largest absolute Gasteiger partial charge is 0.455 e. The van der Waals surface area contributed by atoms with Gasteiger partial charge in [0, 0.05) is 159 Å². The van der Waals surface area contributed by atoms with Crippen molar-refractivity contribution in [2.24, 2.45) is 28.2 Å². The molecule has 574 valence electrons. The molecular weight excluding hydrogens is 1490 g/mol. The number of aryl methyl sites for hydroxylation is 10. The highest BCUT2D eigenvalue weighted by atomic mass is 19.2. The van der Waals surface area contributed by atoms with E-state index in [-0.39, 0.29) is 22.8 Å². The van der Waals surface area contributed by atoms with Crippen LogP contribution < -0.4 is 18.3 Å². The molecule has 0 unspecified atom stereocenters. The highest BCUT2D eigenvalue weighted by Gasteiger charge is 2.29. The molecule has 0 fully saturated rings. The van der Waals surface area contributed by atoms with E-state index in [2.05, 4.69) is 55.7 Å². The van der Waals surface area contributed by atoms with Crippen LogP contribution in [0.1, 0.15) is 33.4 Å². The number of pyridine rings is 8. The van der Waals surface area contributed by atoms with E-state index < -0.39 is 29.1 Å². The molecular formula is C98H73F7N8O4+4. The summed E-state index contributed by atoms with van der Waals surface area (Å²) in [6.07, 6.45) is 15.1. The zero-order valence-electron chi connectivity index (χ0n) is 65.2. The van der Waals surface area contributed by atoms with Crippen molar-refractivity contribution in [3.05, 3.63) is 336 Å². The molecule has 19 heteroatoms. The molecule has 0 bridgehead atoms. The first-order valence-electron chi connectivity index (χ1n) is 37.7. The fourth-order valence-electron chi connectivity index (χ4n) is 15.4. The van der Waals surface area contributed by atoms with Gasteiger partial charge in [0.25, 0.3) is 0 Å². The van der Waals surface area contributed by atoms with Gasteiger partial charge in [0.15, 0.2) is 30.4 Å². The van der Waals surface area contributed by atoms with Gasteiger partial charge >= 0.3 is 0 Å². The van der Waals surface area contributed by atoms with Gasteiger partial charge in [-0.05, 0) is 142 Å². The number of nitrogens with zero attached hydrogens (tertiary/aromatic N) is 8. The van der Waals surface area contributed by atoms with Gasteiger partial charge in [-0.1, -0.05) is 60.7 Å². The quantitative estimate of drug-likeness (QED) is 0.109. The van der Waals surface area contributed by atoms with E-state index in [1.807, 2.05) is 235 Å². The van der Waals surface area contributed by atoms with Crippen LogP contribution in [0, 0.1) is 82.3 Å². The molecule has 8 aromatic carbocycles. The Hall–Kier alpha value is -14.3. The van der Waals surface area contributed by atoms with Crippen molar-refractivity contribution in [2.45, 2.75) is 41.5 Å². The minimum Gasteiger partial charge on any atom is -0.455 e. The number of benzene rings is 8. The first-order chi connectivity index (χ1) is 56.5. The molecule has 12 aromatic heterocycles. The minimum atomic E-state index is -0.657. The molecule has 0 saturated heterocycles. The van der Waals surface area contributed by atoms with Crippen molar-refractivity contribution in [1.29, 1.82) is 0 Å². The summed E-state index contributed by atoms with van der Waals surface area (Å²) in [6, 6.07) is 62.1. The number of rotatable bonds is 8. The molecule has 0 spiro atoms. The molecule has 12 heterocycles. The Kier molecular flexibility index (Phi) is 19.7. The molecule has 117 heavy (non-hydrogen) atoms. The second-order valence-corrected chi connectivity index (χ2v) is 29.4. The van der Waals surface area contributed by atoms with Crippen LogP contribution in [0.3, 0.4) is 0 Å². The molecule has 0 aliphatic heterocycles. The van der Waals surface area contributed by atoms with Gasteiger partial charge in [-0.2, -0.15) is 0 Å². The van der Waals surface area contributed by atoms with Crippen molar-refractivity contribution in [2.75, 3.05) is 0 Å². The van der Waals surface area contributed by atoms with Crippen LogP contribution in [-0.2, 0) is 28.2 Å². The third kappa shape index (κ3) is 14.2. The van der Waals surface area contributed by atoms with Gasteiger partial charge in [-0.3, -0.25) is 19.9 Å². The zero-order chi connectivity index (χ0) is 81.4. The number of hydrogen-bond acceptors (Lipinski definition) is 8. The number of halogens is 7. The second kappa shape index (κ2) is 30.5. The summed E-state index contributed by atoms with van der Waals surface area (Å²) in [6.45, 7) is 11.9. The van der Waals surface area contributed by atoms with Crippen LogP contribution in [0.2, 0.25) is 0 Å². The lowest BCUT2D eigenvalue weighted by molar-refractivity contribution is -0.660. The van der Waals surface area contributed by atoms with Crippen molar-refractivity contribution >= 4 is 87.8 Å². The lowest BCUT2D eigenvalue weighted by Gasteiger charge is -2.08. The van der Waals surface area contributed by atoms with Crippen LogP contribution in [0.25, 0.3) is 178 Å². The molecule has 0 N–H and O–H groups in total. The first-order valence-corrected chi connectivity index (χ1v) is 37.7. The van der Waals surface area contributed by atoms with E-state index in [9.17, 15) is 30.7 Å². The minimum absolute atomic E-state index is 0.202. The topological polar surface area (TPSA) is 120 Å². The summed E-state index contributed by atoms with van der Waals surface area (Å²) in [4.78, 5) is 18.0. The Morgan fingerprint density at radius 2 is 0.607 bits per heavy atom. The summed E-state index contributed by atoms with van der Waals surface area (Å²) < 4.78 is 131. The van der Waals surface area contributed by atoms with Crippen LogP contribution in [0.5, 0.6) is 0 Å². The zero-order valence-corrected chi connectivity index (χ0v) is 65.2. The predicted octanol–water partition coefficient (Wildman–Crippen LogP) is 23.4. The van der Waals surface area contributed by atoms with E-state index in [1.165, 1.54) is 42.5 Å². The Morgan fingerprint density at radius 1 is 0.265 bits per heavy atom. The van der Waals surface area contributed by atoms with E-state index in [0.717, 1.165) is 152 Å². The number of fused-ring (bicyclic) bond motifs is 12. The number of furan rings is 4. The van der Waals surface area contributed by atoms with Crippen LogP contribution >= 0.6 is 0 Å². The van der Waals surface area contributed by atoms with E-state index in [0.29, 0.717) is 60.2 Å². The second-order valence-electron chi connectivity index (χ2n) is 29.4. The van der Waals surface area contributed by atoms with Crippen molar-refractivity contribution in [1.82, 2.24) is 19.9 Å². The molecule has 0 amide bonds. The predicted molar refractivity (Wildman–Crippen MR) is 442 cm³/mol. The van der Waals surface area contributed by atoms with Crippen molar-refractivity contribution in [3.63, 3.8) is 0 Å². The molecule has 0 atom stereocenters. The number of aromatic nitrogens is 8. The third-order valence-corrected chi connectivity index (χ3v) is 21.4. The average Bonchev–Trinajstić information content (AvgIpc) is 1.62. The maximum absolute atomic E-state index is 14.9. The summed E-state index contributed by atoms with van der Waals surface area (Å²) in [5, 5.41) is 4.68. The van der Waals surface area contributed by atoms with Gasteiger partial charge in [-0.25, -0.2) is 49.0 Å². The Balaban J connectivity index is 0.000000112. The van der Waals surface area contributed by atoms with Gasteiger partial charge in [0.1, 0.15) is 108 Å². The Bertz CT molecular complexity index is 7350. The maximum Gasteiger partial charge on any atom is 0.217 e. The monoisotopic (exact) mass is 1560 g/mol. The molecule has 0 radical (unpaired) electrons. The highest BCUT2D eigenvalue weighted by Crippen LogP contribution is 2.44. The van der Waals surface area contributed by atoms with Gasteiger partial charge in [-0.15, -0.1) is 0 Å². The highest BCUT2D eigenvalue weighted by molar-refractivity contribution is 6.13.